The molecule has 17 heavy (non-hydrogen) atoms. The zero-order valence-electron chi connectivity index (χ0n) is 10.7. The zero-order chi connectivity index (χ0) is 12.0. The summed E-state index contributed by atoms with van der Waals surface area (Å²) in [6, 6.07) is 0. The molecule has 0 aliphatic heterocycles. The lowest BCUT2D eigenvalue weighted by molar-refractivity contribution is 0.510. The molecule has 1 heterocycles. The van der Waals surface area contributed by atoms with E-state index in [9.17, 15) is 0 Å². The number of aromatic nitrogens is 2. The van der Waals surface area contributed by atoms with Crippen LogP contribution in [0.4, 0.5) is 0 Å². The summed E-state index contributed by atoms with van der Waals surface area (Å²) in [5.74, 6) is 0.837. The average Bonchev–Trinajstić information content (AvgIpc) is 2.72. The van der Waals surface area contributed by atoms with Gasteiger partial charge in [0.1, 0.15) is 11.0 Å². The van der Waals surface area contributed by atoms with Gasteiger partial charge in [0.2, 0.25) is 0 Å². The van der Waals surface area contributed by atoms with Crippen LogP contribution < -0.4 is 0 Å². The molecule has 0 N–H and O–H groups in total. The van der Waals surface area contributed by atoms with Crippen LogP contribution in [0.2, 0.25) is 0 Å². The van der Waals surface area contributed by atoms with Gasteiger partial charge in [-0.15, -0.1) is 0 Å². The average molecular weight is 246 g/mol. The Morgan fingerprint density at radius 1 is 0.941 bits per heavy atom. The molecule has 1 atom stereocenters. The quantitative estimate of drug-likeness (QED) is 0.660. The third-order valence-corrected chi connectivity index (χ3v) is 4.81. The summed E-state index contributed by atoms with van der Waals surface area (Å²) in [6.07, 6.45) is 5.01. The molecular formula is C14H18N2S. The van der Waals surface area contributed by atoms with Crippen LogP contribution in [0.5, 0.6) is 0 Å². The third kappa shape index (κ3) is 1.68. The molecule has 0 unspecified atom stereocenters. The van der Waals surface area contributed by atoms with Crippen LogP contribution in [0.1, 0.15) is 42.0 Å². The van der Waals surface area contributed by atoms with E-state index in [1.165, 1.54) is 59.6 Å². The number of nitrogens with zero attached hydrogens (tertiary/aromatic N) is 2. The molecule has 1 aromatic carbocycles. The highest BCUT2D eigenvalue weighted by molar-refractivity contribution is 7.00. The van der Waals surface area contributed by atoms with Crippen LogP contribution in [-0.2, 0) is 12.8 Å². The van der Waals surface area contributed by atoms with Crippen molar-refractivity contribution in [3.05, 3.63) is 22.3 Å². The van der Waals surface area contributed by atoms with Gasteiger partial charge in [0.05, 0.1) is 11.7 Å². The lowest BCUT2D eigenvalue weighted by atomic mass is 9.92. The minimum atomic E-state index is 0.837. The molecule has 0 saturated carbocycles. The smallest absolute Gasteiger partial charge is 0.108 e. The highest BCUT2D eigenvalue weighted by Gasteiger charge is 2.21. The van der Waals surface area contributed by atoms with Crippen molar-refractivity contribution >= 4 is 22.8 Å². The largest absolute Gasteiger partial charge is 0.173 e. The SMILES string of the molecule is Cc1c2c(c3nsnc3c1C)CC[C@@H](C)CC2. The van der Waals surface area contributed by atoms with Crippen LogP contribution in [0.25, 0.3) is 11.0 Å². The molecule has 1 aliphatic carbocycles. The second-order valence-corrected chi connectivity index (χ2v) is 5.88. The maximum Gasteiger partial charge on any atom is 0.108 e. The fraction of sp³-hybridized carbons (Fsp3) is 0.571. The van der Waals surface area contributed by atoms with Gasteiger partial charge in [0.25, 0.3) is 0 Å². The molecular weight excluding hydrogens is 228 g/mol. The first-order valence-corrected chi connectivity index (χ1v) is 7.14. The Kier molecular flexibility index (Phi) is 2.66. The van der Waals surface area contributed by atoms with Gasteiger partial charge in [-0.3, -0.25) is 0 Å². The molecule has 1 aliphatic rings. The van der Waals surface area contributed by atoms with Crippen LogP contribution in [0, 0.1) is 19.8 Å². The molecule has 1 aromatic heterocycles. The van der Waals surface area contributed by atoms with E-state index >= 15 is 0 Å². The third-order valence-electron chi connectivity index (χ3n) is 4.28. The highest BCUT2D eigenvalue weighted by Crippen LogP contribution is 2.34. The van der Waals surface area contributed by atoms with E-state index in [1.807, 2.05) is 0 Å². The normalized spacial score (nSPS) is 20.3. The maximum absolute atomic E-state index is 4.53. The van der Waals surface area contributed by atoms with Gasteiger partial charge in [-0.05, 0) is 67.7 Å². The predicted octanol–water partition coefficient (Wildman–Crippen LogP) is 3.82. The van der Waals surface area contributed by atoms with E-state index in [1.54, 1.807) is 5.56 Å². The van der Waals surface area contributed by atoms with Crippen molar-refractivity contribution < 1.29 is 0 Å². The Morgan fingerprint density at radius 2 is 1.59 bits per heavy atom. The van der Waals surface area contributed by atoms with E-state index in [0.717, 1.165) is 11.4 Å². The molecule has 2 nitrogen and oxygen atoms in total. The summed E-state index contributed by atoms with van der Waals surface area (Å²) in [5.41, 5.74) is 8.16. The first-order chi connectivity index (χ1) is 8.18. The van der Waals surface area contributed by atoms with Crippen LogP contribution in [-0.4, -0.2) is 8.75 Å². The first-order valence-electron chi connectivity index (χ1n) is 6.41. The Bertz CT molecular complexity index is 571. The van der Waals surface area contributed by atoms with Crippen molar-refractivity contribution in [2.24, 2.45) is 5.92 Å². The number of rotatable bonds is 0. The van der Waals surface area contributed by atoms with Crippen molar-refractivity contribution in [3.8, 4) is 0 Å². The van der Waals surface area contributed by atoms with Gasteiger partial charge in [-0.25, -0.2) is 0 Å². The zero-order valence-corrected chi connectivity index (χ0v) is 11.5. The molecule has 0 radical (unpaired) electrons. The molecule has 0 bridgehead atoms. The monoisotopic (exact) mass is 246 g/mol. The minimum Gasteiger partial charge on any atom is -0.173 e. The van der Waals surface area contributed by atoms with Gasteiger partial charge in [-0.2, -0.15) is 8.75 Å². The van der Waals surface area contributed by atoms with Gasteiger partial charge in [0, 0.05) is 0 Å². The van der Waals surface area contributed by atoms with Gasteiger partial charge in [-0.1, -0.05) is 6.92 Å². The summed E-state index contributed by atoms with van der Waals surface area (Å²) in [5, 5.41) is 0. The van der Waals surface area contributed by atoms with Gasteiger partial charge in [0.15, 0.2) is 0 Å². The Hall–Kier alpha value is -0.960. The summed E-state index contributed by atoms with van der Waals surface area (Å²) in [7, 11) is 0. The molecule has 0 fully saturated rings. The Morgan fingerprint density at radius 3 is 2.35 bits per heavy atom. The Labute approximate surface area is 106 Å². The first kappa shape index (κ1) is 11.1. The Balaban J connectivity index is 2.29. The second-order valence-electron chi connectivity index (χ2n) is 5.35. The van der Waals surface area contributed by atoms with Crippen LogP contribution in [0.3, 0.4) is 0 Å². The molecule has 3 heteroatoms. The highest BCUT2D eigenvalue weighted by atomic mass is 32.1. The molecule has 2 aromatic rings. The van der Waals surface area contributed by atoms with E-state index in [-0.39, 0.29) is 0 Å². The van der Waals surface area contributed by atoms with E-state index < -0.39 is 0 Å². The van der Waals surface area contributed by atoms with Crippen molar-refractivity contribution in [1.82, 2.24) is 8.75 Å². The summed E-state index contributed by atoms with van der Waals surface area (Å²) < 4.78 is 9.00. The number of aryl methyl sites for hydroxylation is 2. The number of hydrogen-bond donors (Lipinski definition) is 0. The van der Waals surface area contributed by atoms with Gasteiger partial charge < -0.3 is 0 Å². The fourth-order valence-corrected chi connectivity index (χ4v) is 3.56. The van der Waals surface area contributed by atoms with Crippen molar-refractivity contribution in [2.75, 3.05) is 0 Å². The lowest BCUT2D eigenvalue weighted by Gasteiger charge is -2.12. The maximum atomic E-state index is 4.53. The summed E-state index contributed by atoms with van der Waals surface area (Å²) in [4.78, 5) is 0. The van der Waals surface area contributed by atoms with Crippen molar-refractivity contribution in [1.29, 1.82) is 0 Å². The minimum absolute atomic E-state index is 0.837. The predicted molar refractivity (Wildman–Crippen MR) is 72.7 cm³/mol. The van der Waals surface area contributed by atoms with Crippen LogP contribution in [0.15, 0.2) is 0 Å². The van der Waals surface area contributed by atoms with Crippen molar-refractivity contribution in [3.63, 3.8) is 0 Å². The molecule has 90 valence electrons. The van der Waals surface area contributed by atoms with Crippen molar-refractivity contribution in [2.45, 2.75) is 46.5 Å². The van der Waals surface area contributed by atoms with E-state index in [2.05, 4.69) is 29.5 Å². The van der Waals surface area contributed by atoms with E-state index in [0.29, 0.717) is 0 Å². The second kappa shape index (κ2) is 4.05. The fourth-order valence-electron chi connectivity index (χ4n) is 2.94. The summed E-state index contributed by atoms with van der Waals surface area (Å²) in [6.45, 7) is 6.81. The standard InChI is InChI=1S/C14H18N2S/c1-8-4-6-11-9(2)10(3)13-14(16-17-15-13)12(11)7-5-8/h8H,4-7H2,1-3H3/t8-/m0/s1. The van der Waals surface area contributed by atoms with Gasteiger partial charge >= 0.3 is 0 Å². The molecule has 3 rings (SSSR count). The topological polar surface area (TPSA) is 25.8 Å². The molecule has 0 saturated heterocycles. The number of fused-ring (bicyclic) bond motifs is 3. The summed E-state index contributed by atoms with van der Waals surface area (Å²) >= 11 is 1.36. The van der Waals surface area contributed by atoms with E-state index in [4.69, 9.17) is 0 Å². The molecule has 0 spiro atoms. The van der Waals surface area contributed by atoms with Crippen LogP contribution >= 0.6 is 11.7 Å². The number of hydrogen-bond acceptors (Lipinski definition) is 3. The molecule has 0 amide bonds. The lowest BCUT2D eigenvalue weighted by Crippen LogP contribution is -1.99. The number of benzene rings is 1.